The number of nitrogens with zero attached hydrogens (tertiary/aromatic N) is 2. The number of anilines is 1. The zero-order valence-corrected chi connectivity index (χ0v) is 12.8. The van der Waals surface area contributed by atoms with Gasteiger partial charge in [0, 0.05) is 12.0 Å². The van der Waals surface area contributed by atoms with E-state index in [0.717, 1.165) is 5.56 Å². The zero-order valence-electron chi connectivity index (χ0n) is 12.8. The molecule has 1 heterocycles. The van der Waals surface area contributed by atoms with Crippen molar-refractivity contribution in [2.24, 2.45) is 5.41 Å². The minimum absolute atomic E-state index is 0.0635. The van der Waals surface area contributed by atoms with Crippen molar-refractivity contribution in [2.45, 2.75) is 27.3 Å². The number of aromatic amines is 1. The minimum atomic E-state index is -0.580. The molecule has 0 saturated heterocycles. The lowest BCUT2D eigenvalue weighted by atomic mass is 9.96. The van der Waals surface area contributed by atoms with Gasteiger partial charge in [-0.05, 0) is 5.56 Å². The van der Waals surface area contributed by atoms with Crippen LogP contribution in [0.1, 0.15) is 36.8 Å². The predicted molar refractivity (Wildman–Crippen MR) is 82.1 cm³/mol. The van der Waals surface area contributed by atoms with Gasteiger partial charge in [0.1, 0.15) is 0 Å². The number of H-pyrrole nitrogens is 1. The summed E-state index contributed by atoms with van der Waals surface area (Å²) in [5, 5.41) is 15.2. The molecule has 0 unspecified atom stereocenters. The largest absolute Gasteiger partial charge is 0.346 e. The molecular weight excluding hydrogens is 282 g/mol. The molecule has 0 saturated carbocycles. The highest BCUT2D eigenvalue weighted by Crippen LogP contribution is 2.17. The SMILES string of the molecule is CC(C)(C)C(=O)Nc1[nH]nnc1C(=O)NCc1ccccc1. The van der Waals surface area contributed by atoms with Crippen LogP contribution in [-0.2, 0) is 11.3 Å². The molecule has 1 aromatic carbocycles. The van der Waals surface area contributed by atoms with E-state index >= 15 is 0 Å². The Kier molecular flexibility index (Phi) is 4.55. The Bertz CT molecular complexity index is 658. The van der Waals surface area contributed by atoms with Crippen molar-refractivity contribution in [3.8, 4) is 0 Å². The highest BCUT2D eigenvalue weighted by Gasteiger charge is 2.25. The maximum Gasteiger partial charge on any atom is 0.275 e. The van der Waals surface area contributed by atoms with Crippen LogP contribution in [0.5, 0.6) is 0 Å². The number of rotatable bonds is 4. The second-order valence-electron chi connectivity index (χ2n) is 5.91. The first-order valence-corrected chi connectivity index (χ1v) is 6.92. The van der Waals surface area contributed by atoms with Crippen LogP contribution < -0.4 is 10.6 Å². The standard InChI is InChI=1S/C15H19N5O2/c1-15(2,3)14(22)17-12-11(18-20-19-12)13(21)16-9-10-7-5-4-6-8-10/h4-8H,9H2,1-3H3,(H,16,21)(H2,17,18,19,20,22). The van der Waals surface area contributed by atoms with Gasteiger partial charge in [0.2, 0.25) is 5.91 Å². The summed E-state index contributed by atoms with van der Waals surface area (Å²) in [6.07, 6.45) is 0. The molecule has 116 valence electrons. The molecule has 2 aromatic rings. The van der Waals surface area contributed by atoms with E-state index in [4.69, 9.17) is 0 Å². The van der Waals surface area contributed by atoms with E-state index in [1.807, 2.05) is 30.3 Å². The Morgan fingerprint density at radius 3 is 2.50 bits per heavy atom. The minimum Gasteiger partial charge on any atom is -0.346 e. The fraction of sp³-hybridized carbons (Fsp3) is 0.333. The van der Waals surface area contributed by atoms with Crippen LogP contribution in [0.4, 0.5) is 5.82 Å². The Balaban J connectivity index is 2.02. The fourth-order valence-electron chi connectivity index (χ4n) is 1.64. The maximum absolute atomic E-state index is 12.1. The van der Waals surface area contributed by atoms with Crippen molar-refractivity contribution >= 4 is 17.6 Å². The van der Waals surface area contributed by atoms with E-state index in [-0.39, 0.29) is 17.4 Å². The molecule has 3 N–H and O–H groups in total. The van der Waals surface area contributed by atoms with Gasteiger partial charge < -0.3 is 10.6 Å². The predicted octanol–water partition coefficient (Wildman–Crippen LogP) is 1.72. The second kappa shape index (κ2) is 6.38. The Hall–Kier alpha value is -2.70. The molecule has 0 spiro atoms. The van der Waals surface area contributed by atoms with Crippen LogP contribution in [0.2, 0.25) is 0 Å². The molecule has 7 nitrogen and oxygen atoms in total. The van der Waals surface area contributed by atoms with Gasteiger partial charge in [0.25, 0.3) is 5.91 Å². The van der Waals surface area contributed by atoms with Gasteiger partial charge in [0.15, 0.2) is 11.5 Å². The number of amides is 2. The van der Waals surface area contributed by atoms with E-state index in [9.17, 15) is 9.59 Å². The van der Waals surface area contributed by atoms with Crippen molar-refractivity contribution in [3.05, 3.63) is 41.6 Å². The van der Waals surface area contributed by atoms with Crippen molar-refractivity contribution in [2.75, 3.05) is 5.32 Å². The lowest BCUT2D eigenvalue weighted by molar-refractivity contribution is -0.123. The number of nitrogens with one attached hydrogen (secondary N) is 3. The molecule has 0 fully saturated rings. The van der Waals surface area contributed by atoms with Gasteiger partial charge in [-0.15, -0.1) is 5.10 Å². The summed E-state index contributed by atoms with van der Waals surface area (Å²) in [5.74, 6) is -0.428. The average molecular weight is 301 g/mol. The summed E-state index contributed by atoms with van der Waals surface area (Å²) in [5.41, 5.74) is 0.455. The van der Waals surface area contributed by atoms with Gasteiger partial charge in [0.05, 0.1) is 0 Å². The molecule has 0 aliphatic rings. The number of aromatic nitrogens is 3. The highest BCUT2D eigenvalue weighted by atomic mass is 16.2. The lowest BCUT2D eigenvalue weighted by Gasteiger charge is -2.16. The van der Waals surface area contributed by atoms with E-state index < -0.39 is 11.3 Å². The monoisotopic (exact) mass is 301 g/mol. The number of hydrogen-bond donors (Lipinski definition) is 3. The van der Waals surface area contributed by atoms with Crippen LogP contribution in [0.15, 0.2) is 30.3 Å². The normalized spacial score (nSPS) is 11.0. The number of carbonyl (C=O) groups is 2. The van der Waals surface area contributed by atoms with Gasteiger partial charge >= 0.3 is 0 Å². The first-order chi connectivity index (χ1) is 10.4. The molecule has 0 aliphatic heterocycles. The number of carbonyl (C=O) groups excluding carboxylic acids is 2. The van der Waals surface area contributed by atoms with Gasteiger partial charge in [-0.3, -0.25) is 9.59 Å². The molecule has 0 aliphatic carbocycles. The molecular formula is C15H19N5O2. The molecule has 0 bridgehead atoms. The first kappa shape index (κ1) is 15.7. The van der Waals surface area contributed by atoms with Crippen molar-refractivity contribution in [1.82, 2.24) is 20.7 Å². The summed E-state index contributed by atoms with van der Waals surface area (Å²) in [7, 11) is 0. The topological polar surface area (TPSA) is 99.8 Å². The van der Waals surface area contributed by atoms with Gasteiger partial charge in [-0.25, -0.2) is 5.10 Å². The Morgan fingerprint density at radius 1 is 1.18 bits per heavy atom. The number of hydrogen-bond acceptors (Lipinski definition) is 4. The Morgan fingerprint density at radius 2 is 1.86 bits per heavy atom. The third-order valence-electron chi connectivity index (χ3n) is 2.98. The van der Waals surface area contributed by atoms with Gasteiger partial charge in [-0.1, -0.05) is 56.3 Å². The maximum atomic E-state index is 12.1. The van der Waals surface area contributed by atoms with Crippen molar-refractivity contribution in [3.63, 3.8) is 0 Å². The summed E-state index contributed by atoms with van der Waals surface area (Å²) >= 11 is 0. The number of benzene rings is 1. The molecule has 0 atom stereocenters. The summed E-state index contributed by atoms with van der Waals surface area (Å²) in [4.78, 5) is 24.1. The first-order valence-electron chi connectivity index (χ1n) is 6.92. The van der Waals surface area contributed by atoms with Crippen LogP contribution in [0.3, 0.4) is 0 Å². The van der Waals surface area contributed by atoms with Gasteiger partial charge in [-0.2, -0.15) is 0 Å². The Labute approximate surface area is 128 Å². The van der Waals surface area contributed by atoms with E-state index in [0.29, 0.717) is 6.54 Å². The molecule has 7 heteroatoms. The van der Waals surface area contributed by atoms with E-state index in [1.54, 1.807) is 20.8 Å². The molecule has 0 radical (unpaired) electrons. The van der Waals surface area contributed by atoms with Crippen molar-refractivity contribution < 1.29 is 9.59 Å². The van der Waals surface area contributed by atoms with Crippen LogP contribution in [0, 0.1) is 5.41 Å². The summed E-state index contributed by atoms with van der Waals surface area (Å²) < 4.78 is 0. The average Bonchev–Trinajstić information content (AvgIpc) is 2.93. The van der Waals surface area contributed by atoms with E-state index in [1.165, 1.54) is 0 Å². The summed E-state index contributed by atoms with van der Waals surface area (Å²) in [6.45, 7) is 5.71. The highest BCUT2D eigenvalue weighted by molar-refractivity contribution is 6.02. The zero-order chi connectivity index (χ0) is 16.2. The quantitative estimate of drug-likeness (QED) is 0.800. The van der Waals surface area contributed by atoms with E-state index in [2.05, 4.69) is 26.0 Å². The second-order valence-corrected chi connectivity index (χ2v) is 5.91. The third kappa shape index (κ3) is 3.91. The molecule has 22 heavy (non-hydrogen) atoms. The van der Waals surface area contributed by atoms with Crippen LogP contribution in [0.25, 0.3) is 0 Å². The lowest BCUT2D eigenvalue weighted by Crippen LogP contribution is -2.30. The summed E-state index contributed by atoms with van der Waals surface area (Å²) in [6, 6.07) is 9.51. The molecule has 2 amide bonds. The smallest absolute Gasteiger partial charge is 0.275 e. The van der Waals surface area contributed by atoms with Crippen LogP contribution >= 0.6 is 0 Å². The van der Waals surface area contributed by atoms with Crippen molar-refractivity contribution in [1.29, 1.82) is 0 Å². The fourth-order valence-corrected chi connectivity index (χ4v) is 1.64. The molecule has 2 rings (SSSR count). The third-order valence-corrected chi connectivity index (χ3v) is 2.98. The molecule has 1 aromatic heterocycles. The van der Waals surface area contributed by atoms with Crippen LogP contribution in [-0.4, -0.2) is 27.2 Å².